The second-order valence-corrected chi connectivity index (χ2v) is 3.65. The maximum Gasteiger partial charge on any atom is 0.416 e. The molecule has 0 bridgehead atoms. The smallest absolute Gasteiger partial charge is 0.366 e. The van der Waals surface area contributed by atoms with Crippen LogP contribution in [0.3, 0.4) is 0 Å². The van der Waals surface area contributed by atoms with E-state index in [0.717, 1.165) is 12.1 Å². The van der Waals surface area contributed by atoms with Gasteiger partial charge in [-0.15, -0.1) is 0 Å². The third-order valence-electron chi connectivity index (χ3n) is 2.38. The molecule has 0 saturated carbocycles. The number of alkyl halides is 3. The van der Waals surface area contributed by atoms with Crippen LogP contribution in [0.1, 0.15) is 15.9 Å². The van der Waals surface area contributed by atoms with E-state index in [9.17, 15) is 18.0 Å². The zero-order valence-electron chi connectivity index (χ0n) is 8.95. The monoisotopic (exact) mass is 255 g/mol. The predicted octanol–water partition coefficient (Wildman–Crippen LogP) is 2.19. The molecule has 7 heteroatoms. The number of nitrogens with zero attached hydrogens (tertiary/aromatic N) is 1. The number of nitrogens with one attached hydrogen (secondary N) is 1. The van der Waals surface area contributed by atoms with E-state index in [4.69, 9.17) is 5.73 Å². The van der Waals surface area contributed by atoms with Gasteiger partial charge in [-0.05, 0) is 23.8 Å². The summed E-state index contributed by atoms with van der Waals surface area (Å²) in [6.45, 7) is 0. The van der Waals surface area contributed by atoms with E-state index in [1.807, 2.05) is 0 Å². The molecule has 0 fully saturated rings. The number of aromatic nitrogens is 2. The molecule has 4 nitrogen and oxygen atoms in total. The Labute approximate surface area is 99.6 Å². The van der Waals surface area contributed by atoms with Gasteiger partial charge in [-0.1, -0.05) is 0 Å². The van der Waals surface area contributed by atoms with Gasteiger partial charge in [0.05, 0.1) is 11.8 Å². The molecule has 0 aliphatic carbocycles. The molecule has 0 unspecified atom stereocenters. The van der Waals surface area contributed by atoms with Crippen molar-refractivity contribution in [2.75, 3.05) is 0 Å². The number of carbonyl (C=O) groups is 1. The number of aromatic amines is 1. The third kappa shape index (κ3) is 2.34. The van der Waals surface area contributed by atoms with Crippen molar-refractivity contribution in [3.8, 4) is 11.1 Å². The van der Waals surface area contributed by atoms with Crippen molar-refractivity contribution in [2.24, 2.45) is 5.73 Å². The Balaban J connectivity index is 2.61. The van der Waals surface area contributed by atoms with E-state index in [1.165, 1.54) is 18.5 Å². The molecule has 0 saturated heterocycles. The number of H-pyrrole nitrogens is 1. The lowest BCUT2D eigenvalue weighted by atomic mass is 10.0. The van der Waals surface area contributed by atoms with Crippen molar-refractivity contribution in [1.29, 1.82) is 0 Å². The highest BCUT2D eigenvalue weighted by Crippen LogP contribution is 2.33. The van der Waals surface area contributed by atoms with Gasteiger partial charge in [0.1, 0.15) is 0 Å². The van der Waals surface area contributed by atoms with E-state index >= 15 is 0 Å². The largest absolute Gasteiger partial charge is 0.416 e. The fraction of sp³-hybridized carbons (Fsp3) is 0.0909. The number of hydrogen-bond acceptors (Lipinski definition) is 2. The Bertz CT molecular complexity index is 576. The van der Waals surface area contributed by atoms with Crippen LogP contribution in [0.5, 0.6) is 0 Å². The fourth-order valence-corrected chi connectivity index (χ4v) is 1.51. The molecule has 0 aliphatic rings. The van der Waals surface area contributed by atoms with Crippen molar-refractivity contribution in [3.63, 3.8) is 0 Å². The summed E-state index contributed by atoms with van der Waals surface area (Å²) in [4.78, 5) is 11.0. The molecule has 0 spiro atoms. The number of nitrogens with two attached hydrogens (primary N) is 1. The van der Waals surface area contributed by atoms with Crippen molar-refractivity contribution in [2.45, 2.75) is 6.18 Å². The van der Waals surface area contributed by atoms with E-state index in [0.29, 0.717) is 5.56 Å². The number of halogens is 3. The Kier molecular flexibility index (Phi) is 2.82. The fourth-order valence-electron chi connectivity index (χ4n) is 1.51. The maximum absolute atomic E-state index is 12.7. The highest BCUT2D eigenvalue weighted by atomic mass is 19.4. The maximum atomic E-state index is 12.7. The van der Waals surface area contributed by atoms with Gasteiger partial charge in [0.25, 0.3) is 0 Å². The summed E-state index contributed by atoms with van der Waals surface area (Å²) in [5, 5.41) is 6.13. The number of rotatable bonds is 2. The minimum absolute atomic E-state index is 0.193. The Morgan fingerprint density at radius 2 is 1.94 bits per heavy atom. The van der Waals surface area contributed by atoms with Gasteiger partial charge in [-0.2, -0.15) is 18.3 Å². The third-order valence-corrected chi connectivity index (χ3v) is 2.38. The topological polar surface area (TPSA) is 71.8 Å². The molecule has 1 aromatic carbocycles. The van der Waals surface area contributed by atoms with Crippen LogP contribution in [-0.2, 0) is 6.18 Å². The zero-order valence-corrected chi connectivity index (χ0v) is 8.95. The predicted molar refractivity (Wildman–Crippen MR) is 57.5 cm³/mol. The molecule has 94 valence electrons. The van der Waals surface area contributed by atoms with E-state index in [1.54, 1.807) is 0 Å². The molecule has 18 heavy (non-hydrogen) atoms. The number of hydrogen-bond donors (Lipinski definition) is 2. The summed E-state index contributed by atoms with van der Waals surface area (Å²) in [5.41, 5.74) is 4.58. The van der Waals surface area contributed by atoms with E-state index < -0.39 is 17.6 Å². The van der Waals surface area contributed by atoms with Gasteiger partial charge in [0.2, 0.25) is 5.91 Å². The second kappa shape index (κ2) is 4.17. The lowest BCUT2D eigenvalue weighted by molar-refractivity contribution is -0.137. The molecule has 2 aromatic rings. The van der Waals surface area contributed by atoms with Gasteiger partial charge in [0, 0.05) is 17.3 Å². The summed E-state index contributed by atoms with van der Waals surface area (Å²) in [7, 11) is 0. The second-order valence-electron chi connectivity index (χ2n) is 3.65. The zero-order chi connectivity index (χ0) is 13.3. The van der Waals surface area contributed by atoms with Crippen LogP contribution in [-0.4, -0.2) is 16.1 Å². The number of primary amides is 1. The average molecular weight is 255 g/mol. The molecule has 1 amide bonds. The molecule has 0 radical (unpaired) electrons. The molecule has 3 N–H and O–H groups in total. The van der Waals surface area contributed by atoms with Crippen molar-refractivity contribution in [1.82, 2.24) is 10.2 Å². The lowest BCUT2D eigenvalue weighted by Crippen LogP contribution is -2.13. The summed E-state index contributed by atoms with van der Waals surface area (Å²) >= 11 is 0. The summed E-state index contributed by atoms with van der Waals surface area (Å²) in [5.74, 6) is -0.911. The van der Waals surface area contributed by atoms with Crippen LogP contribution in [0, 0.1) is 0 Å². The van der Waals surface area contributed by atoms with Crippen LogP contribution in [0.25, 0.3) is 11.1 Å². The van der Waals surface area contributed by atoms with Crippen LogP contribution >= 0.6 is 0 Å². The highest BCUT2D eigenvalue weighted by molar-refractivity contribution is 5.94. The molecule has 2 rings (SSSR count). The lowest BCUT2D eigenvalue weighted by Gasteiger charge is -2.10. The number of carbonyl (C=O) groups excluding carboxylic acids is 1. The Morgan fingerprint density at radius 1 is 1.22 bits per heavy atom. The van der Waals surface area contributed by atoms with Crippen LogP contribution in [0.2, 0.25) is 0 Å². The average Bonchev–Trinajstić information content (AvgIpc) is 2.80. The number of benzene rings is 1. The normalized spacial score (nSPS) is 11.5. The highest BCUT2D eigenvalue weighted by Gasteiger charge is 2.31. The van der Waals surface area contributed by atoms with Crippen LogP contribution in [0.15, 0.2) is 30.6 Å². The summed E-state index contributed by atoms with van der Waals surface area (Å²) in [6.07, 6.45) is -1.75. The number of amides is 1. The molecular weight excluding hydrogens is 247 g/mol. The van der Waals surface area contributed by atoms with Gasteiger partial charge in [-0.3, -0.25) is 9.89 Å². The van der Waals surface area contributed by atoms with Gasteiger partial charge < -0.3 is 5.73 Å². The summed E-state index contributed by atoms with van der Waals surface area (Å²) in [6, 6.07) is 2.96. The SMILES string of the molecule is NC(=O)c1cc(-c2cn[nH]c2)cc(C(F)(F)F)c1. The first-order chi connectivity index (χ1) is 8.38. The van der Waals surface area contributed by atoms with Crippen molar-refractivity contribution in [3.05, 3.63) is 41.7 Å². The van der Waals surface area contributed by atoms with Gasteiger partial charge in [-0.25, -0.2) is 0 Å². The quantitative estimate of drug-likeness (QED) is 0.863. The standard InChI is InChI=1S/C11H8F3N3O/c12-11(13,14)9-2-6(8-4-16-17-5-8)1-7(3-9)10(15)18/h1-5H,(H2,15,18)(H,16,17). The molecule has 1 aromatic heterocycles. The first-order valence-corrected chi connectivity index (χ1v) is 4.89. The van der Waals surface area contributed by atoms with Crippen LogP contribution in [0.4, 0.5) is 13.2 Å². The molecule has 1 heterocycles. The molecular formula is C11H8F3N3O. The van der Waals surface area contributed by atoms with E-state index in [-0.39, 0.29) is 11.1 Å². The minimum atomic E-state index is -4.54. The Morgan fingerprint density at radius 3 is 2.44 bits per heavy atom. The van der Waals surface area contributed by atoms with E-state index in [2.05, 4.69) is 10.2 Å². The van der Waals surface area contributed by atoms with Gasteiger partial charge in [0.15, 0.2) is 0 Å². The van der Waals surface area contributed by atoms with Crippen LogP contribution < -0.4 is 5.73 Å². The first-order valence-electron chi connectivity index (χ1n) is 4.89. The first kappa shape index (κ1) is 12.2. The van der Waals surface area contributed by atoms with Gasteiger partial charge >= 0.3 is 6.18 Å². The molecule has 0 aliphatic heterocycles. The summed E-state index contributed by atoms with van der Waals surface area (Å²) < 4.78 is 38.0. The van der Waals surface area contributed by atoms with Crippen molar-refractivity contribution < 1.29 is 18.0 Å². The molecule has 0 atom stereocenters. The van der Waals surface area contributed by atoms with Crippen molar-refractivity contribution >= 4 is 5.91 Å². The Hall–Kier alpha value is -2.31. The minimum Gasteiger partial charge on any atom is -0.366 e.